The topological polar surface area (TPSA) is 82.9 Å². The second kappa shape index (κ2) is 8.28. The van der Waals surface area contributed by atoms with Crippen molar-refractivity contribution in [2.24, 2.45) is 10.2 Å². The number of hydrogen-bond donors (Lipinski definition) is 2. The van der Waals surface area contributed by atoms with Gasteiger partial charge in [0.05, 0.1) is 6.21 Å². The third-order valence-electron chi connectivity index (χ3n) is 3.15. The monoisotopic (exact) mass is 392 g/mol. The second-order valence-electron chi connectivity index (χ2n) is 5.02. The van der Waals surface area contributed by atoms with Gasteiger partial charge >= 0.3 is 0 Å². The molecule has 2 aromatic rings. The summed E-state index contributed by atoms with van der Waals surface area (Å²) >= 11 is 8.54. The van der Waals surface area contributed by atoms with E-state index in [-0.39, 0.29) is 18.2 Å². The molecule has 0 bridgehead atoms. The second-order valence-corrected chi connectivity index (χ2v) is 7.63. The predicted molar refractivity (Wildman–Crippen MR) is 104 cm³/mol. The molecule has 6 nitrogen and oxygen atoms in total. The number of amides is 2. The first-order valence-corrected chi connectivity index (χ1v) is 9.41. The number of amidine groups is 1. The Balaban J connectivity index is 1.53. The molecular formula is C16H13ClN4O2S2. The maximum Gasteiger partial charge on any atom is 0.240 e. The summed E-state index contributed by atoms with van der Waals surface area (Å²) in [6, 6.07) is 10.6. The molecule has 2 amide bonds. The highest BCUT2D eigenvalue weighted by atomic mass is 35.5. The van der Waals surface area contributed by atoms with Crippen molar-refractivity contribution in [2.45, 2.75) is 11.7 Å². The van der Waals surface area contributed by atoms with E-state index in [4.69, 9.17) is 11.6 Å². The van der Waals surface area contributed by atoms with Gasteiger partial charge in [-0.05, 0) is 35.7 Å². The molecule has 1 saturated heterocycles. The highest BCUT2D eigenvalue weighted by Gasteiger charge is 2.32. The van der Waals surface area contributed by atoms with Crippen molar-refractivity contribution in [3.05, 3.63) is 51.7 Å². The quantitative estimate of drug-likeness (QED) is 0.604. The molecule has 0 aliphatic carbocycles. The van der Waals surface area contributed by atoms with E-state index in [0.717, 1.165) is 4.88 Å². The Morgan fingerprint density at radius 1 is 1.32 bits per heavy atom. The van der Waals surface area contributed by atoms with E-state index in [2.05, 4.69) is 20.8 Å². The molecule has 3 rings (SSSR count). The van der Waals surface area contributed by atoms with Crippen LogP contribution in [-0.4, -0.2) is 28.4 Å². The molecule has 2 heterocycles. The smallest absolute Gasteiger partial charge is 0.240 e. The van der Waals surface area contributed by atoms with Crippen LogP contribution in [0.3, 0.4) is 0 Å². The minimum absolute atomic E-state index is 0.0484. The molecular weight excluding hydrogens is 380 g/mol. The molecule has 1 fully saturated rings. The number of carbonyl (C=O) groups excluding carboxylic acids is 2. The SMILES string of the molecule is O=C(C[C@H]1S/C(=N/N=C\c2cccs2)NC1=O)Nc1ccc(Cl)cc1. The number of anilines is 1. The maximum absolute atomic E-state index is 12.1. The van der Waals surface area contributed by atoms with E-state index >= 15 is 0 Å². The lowest BCUT2D eigenvalue weighted by Gasteiger charge is -2.07. The van der Waals surface area contributed by atoms with Crippen molar-refractivity contribution < 1.29 is 9.59 Å². The average Bonchev–Trinajstić information content (AvgIpc) is 3.20. The Hall–Kier alpha value is -2.16. The standard InChI is InChI=1S/C16H13ClN4O2S2/c17-10-3-5-11(6-4-10)19-14(22)8-13-15(23)20-16(25-13)21-18-9-12-2-1-7-24-12/h1-7,9,13H,8H2,(H,19,22)(H,20,21,23)/b18-9-/t13-/m1/s1. The van der Waals surface area contributed by atoms with Crippen LogP contribution in [0.4, 0.5) is 5.69 Å². The fourth-order valence-corrected chi connectivity index (χ4v) is 3.63. The number of hydrogen-bond acceptors (Lipinski definition) is 6. The number of rotatable bonds is 5. The van der Waals surface area contributed by atoms with Crippen LogP contribution in [0.2, 0.25) is 5.02 Å². The molecule has 25 heavy (non-hydrogen) atoms. The molecule has 1 aromatic carbocycles. The van der Waals surface area contributed by atoms with Crippen LogP contribution >= 0.6 is 34.7 Å². The Labute approximate surface area is 157 Å². The lowest BCUT2D eigenvalue weighted by Crippen LogP contribution is -2.28. The third kappa shape index (κ3) is 5.15. The summed E-state index contributed by atoms with van der Waals surface area (Å²) in [5, 5.41) is 15.7. The van der Waals surface area contributed by atoms with Crippen molar-refractivity contribution >= 4 is 63.6 Å². The van der Waals surface area contributed by atoms with E-state index < -0.39 is 5.25 Å². The molecule has 2 N–H and O–H groups in total. The first kappa shape index (κ1) is 17.7. The van der Waals surface area contributed by atoms with Gasteiger partial charge in [-0.15, -0.1) is 16.4 Å². The van der Waals surface area contributed by atoms with Crippen LogP contribution in [-0.2, 0) is 9.59 Å². The molecule has 9 heteroatoms. The average molecular weight is 393 g/mol. The molecule has 0 unspecified atom stereocenters. The zero-order chi connectivity index (χ0) is 17.6. The zero-order valence-corrected chi connectivity index (χ0v) is 15.2. The Bertz CT molecular complexity index is 819. The van der Waals surface area contributed by atoms with E-state index in [1.807, 2.05) is 17.5 Å². The molecule has 1 atom stereocenters. The van der Waals surface area contributed by atoms with Gasteiger partial charge in [-0.2, -0.15) is 5.10 Å². The Morgan fingerprint density at radius 3 is 2.84 bits per heavy atom. The van der Waals surface area contributed by atoms with Gasteiger partial charge in [0.15, 0.2) is 5.17 Å². The highest BCUT2D eigenvalue weighted by molar-refractivity contribution is 8.15. The van der Waals surface area contributed by atoms with Crippen LogP contribution < -0.4 is 10.6 Å². The van der Waals surface area contributed by atoms with Crippen LogP contribution in [0.1, 0.15) is 11.3 Å². The van der Waals surface area contributed by atoms with Gasteiger partial charge in [0.25, 0.3) is 0 Å². The first-order chi connectivity index (χ1) is 12.1. The first-order valence-electron chi connectivity index (χ1n) is 7.27. The summed E-state index contributed by atoms with van der Waals surface area (Å²) < 4.78 is 0. The van der Waals surface area contributed by atoms with Crippen molar-refractivity contribution in [1.82, 2.24) is 5.32 Å². The predicted octanol–water partition coefficient (Wildman–Crippen LogP) is 3.35. The minimum atomic E-state index is -0.525. The lowest BCUT2D eigenvalue weighted by atomic mass is 10.2. The summed E-state index contributed by atoms with van der Waals surface area (Å²) in [4.78, 5) is 25.0. The van der Waals surface area contributed by atoms with Crippen molar-refractivity contribution in [3.8, 4) is 0 Å². The fourth-order valence-electron chi connectivity index (χ4n) is 2.00. The zero-order valence-electron chi connectivity index (χ0n) is 12.8. The summed E-state index contributed by atoms with van der Waals surface area (Å²) in [6.45, 7) is 0. The van der Waals surface area contributed by atoms with Crippen molar-refractivity contribution in [1.29, 1.82) is 0 Å². The van der Waals surface area contributed by atoms with Gasteiger partial charge in [0.1, 0.15) is 5.25 Å². The van der Waals surface area contributed by atoms with Gasteiger partial charge in [0.2, 0.25) is 11.8 Å². The molecule has 0 saturated carbocycles. The number of thioether (sulfide) groups is 1. The van der Waals surface area contributed by atoms with Crippen molar-refractivity contribution in [2.75, 3.05) is 5.32 Å². The van der Waals surface area contributed by atoms with Gasteiger partial charge in [-0.25, -0.2) is 0 Å². The van der Waals surface area contributed by atoms with E-state index in [1.165, 1.54) is 11.8 Å². The molecule has 128 valence electrons. The maximum atomic E-state index is 12.1. The Morgan fingerprint density at radius 2 is 2.12 bits per heavy atom. The summed E-state index contributed by atoms with van der Waals surface area (Å²) in [5.41, 5.74) is 0.632. The molecule has 1 aromatic heterocycles. The van der Waals surface area contributed by atoms with Crippen LogP contribution in [0.5, 0.6) is 0 Å². The van der Waals surface area contributed by atoms with Gasteiger partial charge < -0.3 is 10.6 Å². The molecule has 1 aliphatic rings. The van der Waals surface area contributed by atoms with E-state index in [0.29, 0.717) is 15.9 Å². The van der Waals surface area contributed by atoms with E-state index in [9.17, 15) is 9.59 Å². The minimum Gasteiger partial charge on any atom is -0.326 e. The number of thiophene rings is 1. The number of nitrogens with one attached hydrogen (secondary N) is 2. The number of carbonyl (C=O) groups is 2. The lowest BCUT2D eigenvalue weighted by molar-refractivity contribution is -0.122. The molecule has 1 aliphatic heterocycles. The highest BCUT2D eigenvalue weighted by Crippen LogP contribution is 2.23. The third-order valence-corrected chi connectivity index (χ3v) is 5.28. The molecule has 0 radical (unpaired) electrons. The summed E-state index contributed by atoms with van der Waals surface area (Å²) in [6.07, 6.45) is 1.66. The summed E-state index contributed by atoms with van der Waals surface area (Å²) in [5.74, 6) is -0.500. The summed E-state index contributed by atoms with van der Waals surface area (Å²) in [7, 11) is 0. The fraction of sp³-hybridized carbons (Fsp3) is 0.125. The van der Waals surface area contributed by atoms with Crippen LogP contribution in [0, 0.1) is 0 Å². The van der Waals surface area contributed by atoms with Crippen LogP contribution in [0.25, 0.3) is 0 Å². The van der Waals surface area contributed by atoms with E-state index in [1.54, 1.807) is 41.8 Å². The number of nitrogens with zero attached hydrogens (tertiary/aromatic N) is 2. The Kier molecular flexibility index (Phi) is 5.85. The van der Waals surface area contributed by atoms with Crippen LogP contribution in [0.15, 0.2) is 52.0 Å². The van der Waals surface area contributed by atoms with Gasteiger partial charge in [-0.3, -0.25) is 9.59 Å². The molecule has 0 spiro atoms. The number of halogens is 1. The van der Waals surface area contributed by atoms with Crippen molar-refractivity contribution in [3.63, 3.8) is 0 Å². The van der Waals surface area contributed by atoms with Gasteiger partial charge in [0, 0.05) is 22.0 Å². The number of benzene rings is 1. The van der Waals surface area contributed by atoms with Gasteiger partial charge in [-0.1, -0.05) is 29.4 Å². The normalized spacial score (nSPS) is 18.7. The largest absolute Gasteiger partial charge is 0.326 e.